The van der Waals surface area contributed by atoms with Crippen molar-refractivity contribution in [2.75, 3.05) is 14.2 Å². The van der Waals surface area contributed by atoms with Gasteiger partial charge in [0.2, 0.25) is 0 Å². The minimum atomic E-state index is -0.333. The maximum atomic E-state index is 11.7. The topological polar surface area (TPSA) is 35.5 Å². The van der Waals surface area contributed by atoms with Crippen LogP contribution in [0.2, 0.25) is 0 Å². The fraction of sp³-hybridized carbons (Fsp3) is 0.500. The van der Waals surface area contributed by atoms with Gasteiger partial charge in [-0.2, -0.15) is 0 Å². The molecule has 0 amide bonds. The summed E-state index contributed by atoms with van der Waals surface area (Å²) in [7, 11) is 3.05. The van der Waals surface area contributed by atoms with Crippen LogP contribution >= 0.6 is 0 Å². The molecule has 0 aromatic heterocycles. The van der Waals surface area contributed by atoms with Crippen molar-refractivity contribution in [3.63, 3.8) is 0 Å². The molecule has 0 aliphatic heterocycles. The minimum absolute atomic E-state index is 0.0194. The fourth-order valence-corrected chi connectivity index (χ4v) is 3.34. The number of rotatable bonds is 3. The van der Waals surface area contributed by atoms with E-state index in [1.54, 1.807) is 13.2 Å². The first kappa shape index (κ1) is 15.6. The predicted molar refractivity (Wildman–Crippen MR) is 83.4 cm³/mol. The Bertz CT molecular complexity index is 517. The summed E-state index contributed by atoms with van der Waals surface area (Å²) in [5.41, 5.74) is 0.960. The van der Waals surface area contributed by atoms with Crippen LogP contribution in [0, 0.1) is 23.2 Å². The zero-order valence-electron chi connectivity index (χ0n) is 13.4. The molecule has 0 heterocycles. The van der Waals surface area contributed by atoms with E-state index in [-0.39, 0.29) is 17.3 Å². The number of allylic oxidation sites excluding steroid dienone is 6. The second kappa shape index (κ2) is 5.92. The normalized spacial score (nSPS) is 27.3. The van der Waals surface area contributed by atoms with Crippen LogP contribution in [0.5, 0.6) is 0 Å². The van der Waals surface area contributed by atoms with Gasteiger partial charge in [-0.1, -0.05) is 45.1 Å². The summed E-state index contributed by atoms with van der Waals surface area (Å²) >= 11 is 0. The highest BCUT2D eigenvalue weighted by Crippen LogP contribution is 2.50. The molecule has 114 valence electrons. The summed E-state index contributed by atoms with van der Waals surface area (Å²) in [6.07, 6.45) is 12.3. The Morgan fingerprint density at radius 1 is 1.19 bits per heavy atom. The quantitative estimate of drug-likeness (QED) is 0.587. The molecule has 2 aliphatic carbocycles. The minimum Gasteiger partial charge on any atom is -0.497 e. The highest BCUT2D eigenvalue weighted by atomic mass is 16.5. The van der Waals surface area contributed by atoms with Crippen LogP contribution < -0.4 is 0 Å². The molecule has 2 atom stereocenters. The van der Waals surface area contributed by atoms with Gasteiger partial charge in [-0.05, 0) is 23.3 Å². The van der Waals surface area contributed by atoms with Crippen molar-refractivity contribution in [2.24, 2.45) is 23.2 Å². The van der Waals surface area contributed by atoms with Crippen molar-refractivity contribution >= 4 is 5.97 Å². The van der Waals surface area contributed by atoms with Crippen LogP contribution in [0.1, 0.15) is 20.8 Å². The number of carbonyl (C=O) groups is 1. The van der Waals surface area contributed by atoms with Crippen molar-refractivity contribution in [1.29, 1.82) is 0 Å². The van der Waals surface area contributed by atoms with Gasteiger partial charge in [0, 0.05) is 17.6 Å². The summed E-state index contributed by atoms with van der Waals surface area (Å²) < 4.78 is 10.3. The largest absolute Gasteiger partial charge is 0.497 e. The smallest absolute Gasteiger partial charge is 0.330 e. The van der Waals surface area contributed by atoms with E-state index in [1.165, 1.54) is 7.11 Å². The third-order valence-corrected chi connectivity index (χ3v) is 4.20. The Kier molecular flexibility index (Phi) is 4.40. The van der Waals surface area contributed by atoms with Gasteiger partial charge in [0.1, 0.15) is 5.76 Å². The van der Waals surface area contributed by atoms with E-state index in [0.717, 1.165) is 11.3 Å². The van der Waals surface area contributed by atoms with E-state index < -0.39 is 0 Å². The van der Waals surface area contributed by atoms with E-state index in [4.69, 9.17) is 9.47 Å². The number of hydrogen-bond donors (Lipinski definition) is 0. The lowest BCUT2D eigenvalue weighted by Gasteiger charge is -2.35. The van der Waals surface area contributed by atoms with E-state index >= 15 is 0 Å². The first-order valence-electron chi connectivity index (χ1n) is 7.29. The fourth-order valence-electron chi connectivity index (χ4n) is 3.34. The average molecular weight is 288 g/mol. The molecule has 0 bridgehead atoms. The molecule has 3 nitrogen and oxygen atoms in total. The molecule has 0 spiro atoms. The van der Waals surface area contributed by atoms with E-state index in [9.17, 15) is 4.79 Å². The summed E-state index contributed by atoms with van der Waals surface area (Å²) in [6, 6.07) is 0. The predicted octanol–water partition coefficient (Wildman–Crippen LogP) is 3.65. The summed E-state index contributed by atoms with van der Waals surface area (Å²) in [5, 5.41) is 0. The molecule has 0 aromatic rings. The Morgan fingerprint density at radius 2 is 1.81 bits per heavy atom. The monoisotopic (exact) mass is 288 g/mol. The van der Waals surface area contributed by atoms with Crippen LogP contribution in [0.25, 0.3) is 0 Å². The first-order chi connectivity index (χ1) is 9.88. The van der Waals surface area contributed by atoms with Gasteiger partial charge in [-0.25, -0.2) is 4.79 Å². The van der Waals surface area contributed by atoms with E-state index in [2.05, 4.69) is 51.2 Å². The highest BCUT2D eigenvalue weighted by Gasteiger charge is 2.43. The Hall–Kier alpha value is -1.77. The van der Waals surface area contributed by atoms with Gasteiger partial charge in [0.05, 0.1) is 14.2 Å². The van der Waals surface area contributed by atoms with Gasteiger partial charge >= 0.3 is 5.97 Å². The summed E-state index contributed by atoms with van der Waals surface area (Å²) in [5.74, 6) is 1.32. The first-order valence-corrected chi connectivity index (χ1v) is 7.29. The molecule has 2 aliphatic rings. The molecule has 21 heavy (non-hydrogen) atoms. The number of ether oxygens (including phenoxy) is 2. The standard InChI is InChI=1S/C18H24O3/c1-18(2,3)17-13(12-8-6-7-9-12)10-15(20-4)14(17)11-16(19)21-5/h6-13,17H,1-5H3/b14-11+/t13-,17-/m1/s1. The van der Waals surface area contributed by atoms with Crippen molar-refractivity contribution < 1.29 is 14.3 Å². The van der Waals surface area contributed by atoms with Gasteiger partial charge in [-0.15, -0.1) is 0 Å². The van der Waals surface area contributed by atoms with Crippen molar-refractivity contribution in [3.8, 4) is 0 Å². The number of hydrogen-bond acceptors (Lipinski definition) is 3. The molecular weight excluding hydrogens is 264 g/mol. The molecule has 0 saturated heterocycles. The second-order valence-corrected chi connectivity index (χ2v) is 6.63. The molecule has 3 heteroatoms. The summed E-state index contributed by atoms with van der Waals surface area (Å²) in [6.45, 7) is 6.60. The van der Waals surface area contributed by atoms with Crippen LogP contribution in [0.15, 0.2) is 47.8 Å². The van der Waals surface area contributed by atoms with Gasteiger partial charge < -0.3 is 9.47 Å². The molecule has 0 saturated carbocycles. The number of carbonyl (C=O) groups excluding carboxylic acids is 1. The number of esters is 1. The van der Waals surface area contributed by atoms with E-state index in [1.807, 2.05) is 0 Å². The average Bonchev–Trinajstić information content (AvgIpc) is 3.03. The molecule has 2 rings (SSSR count). The SMILES string of the molecule is COC(=O)/C=C1\C(OC)=C[C@H](C2C=CC=C2)[C@H]1C(C)(C)C. The lowest BCUT2D eigenvalue weighted by Crippen LogP contribution is -2.29. The molecule has 0 unspecified atom stereocenters. The Balaban J connectivity index is 2.45. The molecule has 0 fully saturated rings. The zero-order valence-corrected chi connectivity index (χ0v) is 13.4. The third kappa shape index (κ3) is 3.12. The lowest BCUT2D eigenvalue weighted by molar-refractivity contribution is -0.134. The maximum Gasteiger partial charge on any atom is 0.330 e. The van der Waals surface area contributed by atoms with Crippen molar-refractivity contribution in [2.45, 2.75) is 20.8 Å². The van der Waals surface area contributed by atoms with Gasteiger partial charge in [0.25, 0.3) is 0 Å². The van der Waals surface area contributed by atoms with Crippen LogP contribution in [0.3, 0.4) is 0 Å². The zero-order chi connectivity index (χ0) is 15.6. The van der Waals surface area contributed by atoms with E-state index in [0.29, 0.717) is 11.8 Å². The second-order valence-electron chi connectivity index (χ2n) is 6.63. The molecule has 0 N–H and O–H groups in total. The van der Waals surface area contributed by atoms with Crippen molar-refractivity contribution in [1.82, 2.24) is 0 Å². The van der Waals surface area contributed by atoms with Gasteiger partial charge in [-0.3, -0.25) is 0 Å². The molecular formula is C18H24O3. The maximum absolute atomic E-state index is 11.7. The van der Waals surface area contributed by atoms with Crippen LogP contribution in [-0.2, 0) is 14.3 Å². The lowest BCUT2D eigenvalue weighted by atomic mass is 9.68. The molecule has 0 radical (unpaired) electrons. The van der Waals surface area contributed by atoms with Crippen LogP contribution in [0.4, 0.5) is 0 Å². The van der Waals surface area contributed by atoms with Gasteiger partial charge in [0.15, 0.2) is 0 Å². The molecule has 0 aromatic carbocycles. The summed E-state index contributed by atoms with van der Waals surface area (Å²) in [4.78, 5) is 11.7. The number of methoxy groups -OCH3 is 2. The van der Waals surface area contributed by atoms with Crippen LogP contribution in [-0.4, -0.2) is 20.2 Å². The van der Waals surface area contributed by atoms with Crippen molar-refractivity contribution in [3.05, 3.63) is 47.8 Å². The highest BCUT2D eigenvalue weighted by molar-refractivity contribution is 5.84. The third-order valence-electron chi connectivity index (χ3n) is 4.20. The Morgan fingerprint density at radius 3 is 2.29 bits per heavy atom. The Labute approximate surface area is 127 Å².